The lowest BCUT2D eigenvalue weighted by Crippen LogP contribution is -2.49. The van der Waals surface area contributed by atoms with Crippen LogP contribution >= 0.6 is 0 Å². The summed E-state index contributed by atoms with van der Waals surface area (Å²) in [5.74, 6) is -0.250. The molecule has 2 aromatic rings. The molecule has 0 bridgehead atoms. The summed E-state index contributed by atoms with van der Waals surface area (Å²) in [6, 6.07) is 2.03. The topological polar surface area (TPSA) is 96.8 Å². The third-order valence-corrected chi connectivity index (χ3v) is 6.70. The molecule has 0 aromatic carbocycles. The molecule has 9 heteroatoms. The number of hydrogen-bond donors (Lipinski definition) is 1. The van der Waals surface area contributed by atoms with Gasteiger partial charge in [-0.15, -0.1) is 0 Å². The number of fused-ring (bicyclic) bond motifs is 1. The molecule has 4 amide bonds. The van der Waals surface area contributed by atoms with Gasteiger partial charge >= 0.3 is 12.1 Å². The third kappa shape index (κ3) is 4.26. The van der Waals surface area contributed by atoms with E-state index in [1.54, 1.807) is 16.0 Å². The van der Waals surface area contributed by atoms with Crippen molar-refractivity contribution in [1.29, 1.82) is 0 Å². The van der Waals surface area contributed by atoms with Gasteiger partial charge in [0, 0.05) is 43.9 Å². The highest BCUT2D eigenvalue weighted by atomic mass is 16.6. The van der Waals surface area contributed by atoms with Crippen molar-refractivity contribution in [2.75, 3.05) is 24.5 Å². The smallest absolute Gasteiger partial charge is 0.410 e. The van der Waals surface area contributed by atoms with Crippen molar-refractivity contribution in [2.45, 2.75) is 64.5 Å². The molecule has 0 spiro atoms. The largest absolute Gasteiger partial charge is 0.444 e. The van der Waals surface area contributed by atoms with Crippen LogP contribution in [0, 0.1) is 0 Å². The molecule has 2 fully saturated rings. The van der Waals surface area contributed by atoms with Crippen LogP contribution in [0.25, 0.3) is 16.6 Å². The molecule has 1 saturated carbocycles. The minimum absolute atomic E-state index is 0.250. The molecule has 34 heavy (non-hydrogen) atoms. The summed E-state index contributed by atoms with van der Waals surface area (Å²) in [6.07, 6.45) is 10.1. The van der Waals surface area contributed by atoms with Gasteiger partial charge in [-0.1, -0.05) is 6.08 Å². The highest BCUT2D eigenvalue weighted by Gasteiger charge is 2.29. The number of amides is 4. The van der Waals surface area contributed by atoms with Crippen molar-refractivity contribution in [3.8, 4) is 0 Å². The predicted molar refractivity (Wildman–Crippen MR) is 129 cm³/mol. The minimum Gasteiger partial charge on any atom is -0.444 e. The lowest BCUT2D eigenvalue weighted by atomic mass is 9.93. The number of carbonyl (C=O) groups is 3. The zero-order chi connectivity index (χ0) is 24.0. The molecule has 0 unspecified atom stereocenters. The van der Waals surface area contributed by atoms with Crippen molar-refractivity contribution in [2.24, 2.45) is 0 Å². The molecule has 3 aliphatic rings. The van der Waals surface area contributed by atoms with Crippen LogP contribution in [0.2, 0.25) is 0 Å². The Hall–Kier alpha value is -3.36. The highest BCUT2D eigenvalue weighted by Crippen LogP contribution is 2.39. The number of anilines is 1. The second-order valence-corrected chi connectivity index (χ2v) is 10.3. The summed E-state index contributed by atoms with van der Waals surface area (Å²) >= 11 is 0. The summed E-state index contributed by atoms with van der Waals surface area (Å²) in [4.78, 5) is 44.4. The van der Waals surface area contributed by atoms with Crippen LogP contribution in [-0.4, -0.2) is 57.7 Å². The van der Waals surface area contributed by atoms with Crippen LogP contribution in [0.15, 0.2) is 24.5 Å². The van der Waals surface area contributed by atoms with Gasteiger partial charge in [-0.3, -0.25) is 20.0 Å². The number of aromatic nitrogens is 2. The van der Waals surface area contributed by atoms with Gasteiger partial charge in [-0.05, 0) is 58.1 Å². The van der Waals surface area contributed by atoms with E-state index in [1.807, 2.05) is 26.8 Å². The Bertz CT molecular complexity index is 1190. The highest BCUT2D eigenvalue weighted by molar-refractivity contribution is 6.06. The molecule has 1 N–H and O–H groups in total. The molecule has 2 aromatic heterocycles. The minimum atomic E-state index is -0.516. The van der Waals surface area contributed by atoms with E-state index in [2.05, 4.69) is 22.2 Å². The molecule has 4 heterocycles. The number of rotatable bonds is 3. The average molecular weight is 466 g/mol. The van der Waals surface area contributed by atoms with Crippen molar-refractivity contribution in [3.05, 3.63) is 30.1 Å². The molecule has 5 rings (SSSR count). The Morgan fingerprint density at radius 1 is 1.18 bits per heavy atom. The summed E-state index contributed by atoms with van der Waals surface area (Å²) in [6.45, 7) is 7.06. The number of urea groups is 1. The van der Waals surface area contributed by atoms with E-state index in [0.29, 0.717) is 31.4 Å². The number of carbonyl (C=O) groups excluding carboxylic acids is 3. The molecule has 180 valence electrons. The van der Waals surface area contributed by atoms with Crippen molar-refractivity contribution in [1.82, 2.24) is 19.8 Å². The summed E-state index contributed by atoms with van der Waals surface area (Å²) in [7, 11) is 0. The Kier molecular flexibility index (Phi) is 5.58. The van der Waals surface area contributed by atoms with E-state index in [-0.39, 0.29) is 18.4 Å². The third-order valence-electron chi connectivity index (χ3n) is 6.70. The van der Waals surface area contributed by atoms with E-state index in [0.717, 1.165) is 35.9 Å². The molecular formula is C25H31N5O4. The first kappa shape index (κ1) is 22.4. The number of nitrogens with zero attached hydrogens (tertiary/aromatic N) is 4. The van der Waals surface area contributed by atoms with Gasteiger partial charge in [0.1, 0.15) is 5.60 Å². The molecule has 2 aliphatic heterocycles. The van der Waals surface area contributed by atoms with E-state index in [4.69, 9.17) is 9.72 Å². The van der Waals surface area contributed by atoms with E-state index >= 15 is 0 Å². The maximum absolute atomic E-state index is 12.4. The monoisotopic (exact) mass is 465 g/mol. The van der Waals surface area contributed by atoms with Gasteiger partial charge in [-0.2, -0.15) is 0 Å². The maximum atomic E-state index is 12.4. The SMILES string of the molecule is CC(C)(C)OC(=O)N1CC=C(c2cn(C3CCC3)c3cc(N4CCC(=O)NC4=O)cnc23)CC1. The first-order valence-electron chi connectivity index (χ1n) is 12.0. The van der Waals surface area contributed by atoms with Crippen LogP contribution in [-0.2, 0) is 9.53 Å². The summed E-state index contributed by atoms with van der Waals surface area (Å²) in [5, 5.41) is 2.38. The molecular weight excluding hydrogens is 434 g/mol. The molecule has 0 atom stereocenters. The maximum Gasteiger partial charge on any atom is 0.410 e. The zero-order valence-corrected chi connectivity index (χ0v) is 20.0. The zero-order valence-electron chi connectivity index (χ0n) is 20.0. The number of ether oxygens (including phenoxy) is 1. The molecule has 0 radical (unpaired) electrons. The first-order chi connectivity index (χ1) is 16.2. The fourth-order valence-corrected chi connectivity index (χ4v) is 4.68. The standard InChI is InChI=1S/C25H31N5O4/c1-25(2,3)34-24(33)28-10-7-16(8-11-28)19-15-30(17-5-4-6-17)20-13-18(14-26-22(19)20)29-12-9-21(31)27-23(29)32/h7,13-15,17H,4-6,8-12H2,1-3H3,(H,27,31,32). The Balaban J connectivity index is 1.45. The normalized spacial score (nSPS) is 19.7. The molecule has 1 aliphatic carbocycles. The lowest BCUT2D eigenvalue weighted by Gasteiger charge is -2.29. The van der Waals surface area contributed by atoms with Crippen LogP contribution in [0.4, 0.5) is 15.3 Å². The quantitative estimate of drug-likeness (QED) is 0.732. The Labute approximate surface area is 198 Å². The van der Waals surface area contributed by atoms with Crippen LogP contribution in [0.3, 0.4) is 0 Å². The van der Waals surface area contributed by atoms with Crippen molar-refractivity contribution < 1.29 is 19.1 Å². The van der Waals surface area contributed by atoms with E-state index in [9.17, 15) is 14.4 Å². The van der Waals surface area contributed by atoms with E-state index < -0.39 is 11.6 Å². The Morgan fingerprint density at radius 3 is 2.59 bits per heavy atom. The van der Waals surface area contributed by atoms with Gasteiger partial charge in [0.15, 0.2) is 0 Å². The Morgan fingerprint density at radius 2 is 1.97 bits per heavy atom. The second kappa shape index (κ2) is 8.45. The lowest BCUT2D eigenvalue weighted by molar-refractivity contribution is -0.120. The molecule has 1 saturated heterocycles. The summed E-state index contributed by atoms with van der Waals surface area (Å²) < 4.78 is 7.81. The fourth-order valence-electron chi connectivity index (χ4n) is 4.68. The number of pyridine rings is 1. The molecule has 9 nitrogen and oxygen atoms in total. The van der Waals surface area contributed by atoms with Gasteiger partial charge in [0.25, 0.3) is 0 Å². The van der Waals surface area contributed by atoms with Crippen LogP contribution in [0.1, 0.15) is 64.5 Å². The second-order valence-electron chi connectivity index (χ2n) is 10.3. The number of nitrogens with one attached hydrogen (secondary N) is 1. The van der Waals surface area contributed by atoms with Gasteiger partial charge in [-0.25, -0.2) is 9.59 Å². The van der Waals surface area contributed by atoms with Crippen molar-refractivity contribution >= 4 is 40.3 Å². The van der Waals surface area contributed by atoms with E-state index in [1.165, 1.54) is 12.0 Å². The summed E-state index contributed by atoms with van der Waals surface area (Å²) in [5.41, 5.74) is 4.33. The van der Waals surface area contributed by atoms with Crippen LogP contribution < -0.4 is 10.2 Å². The first-order valence-corrected chi connectivity index (χ1v) is 12.0. The van der Waals surface area contributed by atoms with Gasteiger partial charge in [0.2, 0.25) is 5.91 Å². The fraction of sp³-hybridized carbons (Fsp3) is 0.520. The van der Waals surface area contributed by atoms with Gasteiger partial charge in [0.05, 0.1) is 22.9 Å². The van der Waals surface area contributed by atoms with Gasteiger partial charge < -0.3 is 14.2 Å². The predicted octanol–water partition coefficient (Wildman–Crippen LogP) is 4.23. The number of imide groups is 1. The average Bonchev–Trinajstić information content (AvgIpc) is 3.10. The van der Waals surface area contributed by atoms with Crippen LogP contribution in [0.5, 0.6) is 0 Å². The van der Waals surface area contributed by atoms with Crippen molar-refractivity contribution in [3.63, 3.8) is 0 Å². The number of hydrogen-bond acceptors (Lipinski definition) is 5.